The van der Waals surface area contributed by atoms with Crippen LogP contribution in [0.3, 0.4) is 0 Å². The van der Waals surface area contributed by atoms with Gasteiger partial charge in [-0.3, -0.25) is 0 Å². The van der Waals surface area contributed by atoms with Gasteiger partial charge in [-0.2, -0.15) is 0 Å². The highest BCUT2D eigenvalue weighted by molar-refractivity contribution is 5.30. The lowest BCUT2D eigenvalue weighted by molar-refractivity contribution is 0.0677. The van der Waals surface area contributed by atoms with Crippen LogP contribution in [0.5, 0.6) is 5.75 Å². The maximum absolute atomic E-state index is 13.3. The Bertz CT molecular complexity index is 366. The summed E-state index contributed by atoms with van der Waals surface area (Å²) in [5.74, 6) is -1.47. The van der Waals surface area contributed by atoms with Gasteiger partial charge in [-0.25, -0.2) is 8.78 Å². The van der Waals surface area contributed by atoms with Crippen molar-refractivity contribution < 1.29 is 23.4 Å². The van der Waals surface area contributed by atoms with Crippen molar-refractivity contribution in [1.29, 1.82) is 0 Å². The van der Waals surface area contributed by atoms with Gasteiger partial charge in [-0.1, -0.05) is 0 Å². The average Bonchev–Trinajstić information content (AvgIpc) is 2.79. The van der Waals surface area contributed by atoms with E-state index in [4.69, 9.17) is 14.6 Å². The molecule has 0 radical (unpaired) electrons. The first kappa shape index (κ1) is 12.3. The molecule has 0 amide bonds. The van der Waals surface area contributed by atoms with Crippen molar-refractivity contribution in [1.82, 2.24) is 0 Å². The fourth-order valence-corrected chi connectivity index (χ4v) is 1.78. The van der Waals surface area contributed by atoms with E-state index >= 15 is 0 Å². The smallest absolute Gasteiger partial charge is 0.135 e. The van der Waals surface area contributed by atoms with Gasteiger partial charge in [0, 0.05) is 24.3 Å². The summed E-state index contributed by atoms with van der Waals surface area (Å²) in [6.07, 6.45) is 1.89. The SMILES string of the molecule is OCc1c(F)cc(OCC2CCCO2)cc1F. The molecule has 0 aliphatic carbocycles. The van der Waals surface area contributed by atoms with Crippen molar-refractivity contribution in [2.24, 2.45) is 0 Å². The van der Waals surface area contributed by atoms with Crippen LogP contribution in [0, 0.1) is 11.6 Å². The lowest BCUT2D eigenvalue weighted by Gasteiger charge is -2.12. The third-order valence-electron chi connectivity index (χ3n) is 2.73. The summed E-state index contributed by atoms with van der Waals surface area (Å²) in [6.45, 7) is 0.335. The Kier molecular flexibility index (Phi) is 3.91. The number of aliphatic hydroxyl groups is 1. The monoisotopic (exact) mass is 244 g/mol. The van der Waals surface area contributed by atoms with E-state index in [1.165, 1.54) is 0 Å². The molecule has 94 valence electrons. The molecule has 0 aromatic heterocycles. The van der Waals surface area contributed by atoms with Crippen LogP contribution >= 0.6 is 0 Å². The fourth-order valence-electron chi connectivity index (χ4n) is 1.78. The molecule has 5 heteroatoms. The van der Waals surface area contributed by atoms with Crippen molar-refractivity contribution in [2.45, 2.75) is 25.6 Å². The fraction of sp³-hybridized carbons (Fsp3) is 0.500. The molecule has 1 aliphatic heterocycles. The van der Waals surface area contributed by atoms with Crippen molar-refractivity contribution >= 4 is 0 Å². The van der Waals surface area contributed by atoms with Crippen LogP contribution in [-0.4, -0.2) is 24.4 Å². The first-order chi connectivity index (χ1) is 8.20. The number of benzene rings is 1. The van der Waals surface area contributed by atoms with Gasteiger partial charge in [0.1, 0.15) is 24.0 Å². The van der Waals surface area contributed by atoms with Crippen LogP contribution in [0.25, 0.3) is 0 Å². The minimum atomic E-state index is -0.796. The van der Waals surface area contributed by atoms with Crippen LogP contribution < -0.4 is 4.74 Å². The molecular formula is C12H14F2O3. The second kappa shape index (κ2) is 5.42. The van der Waals surface area contributed by atoms with Gasteiger partial charge in [-0.05, 0) is 12.8 Å². The molecule has 1 aromatic carbocycles. The van der Waals surface area contributed by atoms with Gasteiger partial charge in [-0.15, -0.1) is 0 Å². The van der Waals surface area contributed by atoms with E-state index in [2.05, 4.69) is 0 Å². The molecular weight excluding hydrogens is 230 g/mol. The zero-order chi connectivity index (χ0) is 12.3. The molecule has 0 bridgehead atoms. The lowest BCUT2D eigenvalue weighted by Crippen LogP contribution is -2.16. The van der Waals surface area contributed by atoms with Crippen molar-refractivity contribution in [3.63, 3.8) is 0 Å². The number of hydrogen-bond donors (Lipinski definition) is 1. The molecule has 1 aromatic rings. The Labute approximate surface area is 98.0 Å². The zero-order valence-electron chi connectivity index (χ0n) is 9.29. The average molecular weight is 244 g/mol. The Balaban J connectivity index is 2.01. The van der Waals surface area contributed by atoms with Crippen LogP contribution in [0.2, 0.25) is 0 Å². The zero-order valence-corrected chi connectivity index (χ0v) is 9.29. The van der Waals surface area contributed by atoms with Gasteiger partial charge in [0.05, 0.1) is 12.7 Å². The molecule has 1 heterocycles. The van der Waals surface area contributed by atoms with E-state index < -0.39 is 18.2 Å². The quantitative estimate of drug-likeness (QED) is 0.880. The number of hydrogen-bond acceptors (Lipinski definition) is 3. The largest absolute Gasteiger partial charge is 0.491 e. The molecule has 0 spiro atoms. The topological polar surface area (TPSA) is 38.7 Å². The molecule has 1 saturated heterocycles. The first-order valence-electron chi connectivity index (χ1n) is 5.54. The predicted octanol–water partition coefficient (Wildman–Crippen LogP) is 2.01. The molecule has 1 atom stereocenters. The van der Waals surface area contributed by atoms with Crippen LogP contribution in [0.4, 0.5) is 8.78 Å². The van der Waals surface area contributed by atoms with Crippen LogP contribution in [-0.2, 0) is 11.3 Å². The summed E-state index contributed by atoms with van der Waals surface area (Å²) in [6, 6.07) is 2.15. The number of aliphatic hydroxyl groups excluding tert-OH is 1. The first-order valence-corrected chi connectivity index (χ1v) is 5.54. The third-order valence-corrected chi connectivity index (χ3v) is 2.73. The van der Waals surface area contributed by atoms with Crippen LogP contribution in [0.1, 0.15) is 18.4 Å². The number of halogens is 2. The van der Waals surface area contributed by atoms with E-state index in [0.717, 1.165) is 25.0 Å². The molecule has 17 heavy (non-hydrogen) atoms. The Morgan fingerprint density at radius 1 is 1.35 bits per heavy atom. The number of rotatable bonds is 4. The van der Waals surface area contributed by atoms with Crippen molar-refractivity contribution in [3.8, 4) is 5.75 Å². The molecule has 0 saturated carbocycles. The predicted molar refractivity (Wildman–Crippen MR) is 56.7 cm³/mol. The van der Waals surface area contributed by atoms with Crippen molar-refractivity contribution in [3.05, 3.63) is 29.3 Å². The minimum absolute atomic E-state index is 0.00126. The summed E-state index contributed by atoms with van der Waals surface area (Å²) >= 11 is 0. The van der Waals surface area contributed by atoms with Crippen molar-refractivity contribution in [2.75, 3.05) is 13.2 Å². The Hall–Kier alpha value is -1.20. The van der Waals surface area contributed by atoms with Gasteiger partial charge < -0.3 is 14.6 Å². The minimum Gasteiger partial charge on any atom is -0.491 e. The molecule has 1 fully saturated rings. The molecule has 3 nitrogen and oxygen atoms in total. The lowest BCUT2D eigenvalue weighted by atomic mass is 10.2. The third kappa shape index (κ3) is 2.92. The second-order valence-electron chi connectivity index (χ2n) is 3.97. The summed E-state index contributed by atoms with van der Waals surface area (Å²) in [4.78, 5) is 0. The number of ether oxygens (including phenoxy) is 2. The molecule has 2 rings (SSSR count). The summed E-state index contributed by atoms with van der Waals surface area (Å²) in [7, 11) is 0. The summed E-state index contributed by atoms with van der Waals surface area (Å²) in [5.41, 5.74) is -0.338. The molecule has 1 N–H and O–H groups in total. The molecule has 1 aliphatic rings. The van der Waals surface area contributed by atoms with E-state index in [0.29, 0.717) is 6.61 Å². The van der Waals surface area contributed by atoms with Gasteiger partial charge >= 0.3 is 0 Å². The van der Waals surface area contributed by atoms with Gasteiger partial charge in [0.15, 0.2) is 0 Å². The van der Waals surface area contributed by atoms with Crippen LogP contribution in [0.15, 0.2) is 12.1 Å². The van der Waals surface area contributed by atoms with E-state index in [9.17, 15) is 8.78 Å². The maximum Gasteiger partial charge on any atom is 0.135 e. The molecule has 1 unspecified atom stereocenters. The highest BCUT2D eigenvalue weighted by Crippen LogP contribution is 2.22. The van der Waals surface area contributed by atoms with Gasteiger partial charge in [0.2, 0.25) is 0 Å². The van der Waals surface area contributed by atoms with E-state index in [-0.39, 0.29) is 24.0 Å². The second-order valence-corrected chi connectivity index (χ2v) is 3.97. The highest BCUT2D eigenvalue weighted by Gasteiger charge is 2.17. The van der Waals surface area contributed by atoms with E-state index in [1.54, 1.807) is 0 Å². The van der Waals surface area contributed by atoms with E-state index in [1.807, 2.05) is 0 Å². The standard InChI is InChI=1S/C12H14F2O3/c13-11-4-9(5-12(14)10(11)6-15)17-7-8-2-1-3-16-8/h4-5,8,15H,1-3,6-7H2. The summed E-state index contributed by atoms with van der Waals surface area (Å²) in [5, 5.41) is 8.75. The maximum atomic E-state index is 13.3. The van der Waals surface area contributed by atoms with Gasteiger partial charge in [0.25, 0.3) is 0 Å². The Morgan fingerprint density at radius 3 is 2.59 bits per heavy atom. The normalized spacial score (nSPS) is 19.6. The highest BCUT2D eigenvalue weighted by atomic mass is 19.1. The summed E-state index contributed by atoms with van der Waals surface area (Å²) < 4.78 is 37.2. The Morgan fingerprint density at radius 2 is 2.06 bits per heavy atom.